The highest BCUT2D eigenvalue weighted by atomic mass is 32.2. The number of sulfonamides is 1. The van der Waals surface area contributed by atoms with Crippen LogP contribution in [0.3, 0.4) is 0 Å². The highest BCUT2D eigenvalue weighted by Crippen LogP contribution is 2.34. The van der Waals surface area contributed by atoms with Crippen LogP contribution in [0.4, 0.5) is 5.69 Å². The summed E-state index contributed by atoms with van der Waals surface area (Å²) in [5, 5.41) is 2.80. The number of rotatable bonds is 13. The Balaban J connectivity index is 1.86. The molecule has 1 N–H and O–H groups in total. The van der Waals surface area contributed by atoms with E-state index in [-0.39, 0.29) is 17.1 Å². The van der Waals surface area contributed by atoms with Crippen molar-refractivity contribution in [3.05, 3.63) is 72.3 Å². The number of methoxy groups -OCH3 is 2. The zero-order chi connectivity index (χ0) is 26.8. The summed E-state index contributed by atoms with van der Waals surface area (Å²) >= 11 is 0. The second kappa shape index (κ2) is 12.9. The first-order valence-corrected chi connectivity index (χ1v) is 13.2. The smallest absolute Gasteiger partial charge is 0.264 e. The van der Waals surface area contributed by atoms with Crippen molar-refractivity contribution < 1.29 is 32.2 Å². The third-order valence-electron chi connectivity index (χ3n) is 5.37. The Morgan fingerprint density at radius 3 is 2.11 bits per heavy atom. The molecule has 3 aromatic carbocycles. The third-order valence-corrected chi connectivity index (χ3v) is 7.16. The van der Waals surface area contributed by atoms with Gasteiger partial charge in [0, 0.05) is 12.6 Å². The maximum Gasteiger partial charge on any atom is 0.264 e. The van der Waals surface area contributed by atoms with Crippen LogP contribution in [0.15, 0.2) is 71.6 Å². The lowest BCUT2D eigenvalue weighted by Gasteiger charge is -2.25. The Morgan fingerprint density at radius 1 is 0.811 bits per heavy atom. The molecule has 0 bridgehead atoms. The molecule has 0 spiro atoms. The van der Waals surface area contributed by atoms with E-state index in [4.69, 9.17) is 18.9 Å². The van der Waals surface area contributed by atoms with Gasteiger partial charge in [-0.15, -0.1) is 0 Å². The van der Waals surface area contributed by atoms with Crippen molar-refractivity contribution in [3.63, 3.8) is 0 Å². The van der Waals surface area contributed by atoms with Gasteiger partial charge in [-0.2, -0.15) is 0 Å². The van der Waals surface area contributed by atoms with Crippen LogP contribution in [0.1, 0.15) is 19.4 Å². The summed E-state index contributed by atoms with van der Waals surface area (Å²) in [6.07, 6.45) is 0. The first-order valence-electron chi connectivity index (χ1n) is 11.8. The summed E-state index contributed by atoms with van der Waals surface area (Å²) in [5.41, 5.74) is 1.04. The maximum atomic E-state index is 13.6. The molecule has 0 aromatic heterocycles. The Kier molecular flexibility index (Phi) is 9.62. The van der Waals surface area contributed by atoms with Gasteiger partial charge >= 0.3 is 0 Å². The molecular formula is C27H32N2O7S. The molecule has 0 saturated heterocycles. The fourth-order valence-corrected chi connectivity index (χ4v) is 5.04. The van der Waals surface area contributed by atoms with E-state index in [0.29, 0.717) is 36.2 Å². The molecule has 0 aliphatic rings. The van der Waals surface area contributed by atoms with Crippen LogP contribution >= 0.6 is 0 Å². The van der Waals surface area contributed by atoms with Gasteiger partial charge < -0.3 is 24.3 Å². The van der Waals surface area contributed by atoms with Crippen molar-refractivity contribution in [1.29, 1.82) is 0 Å². The number of benzene rings is 3. The number of hydrogen-bond acceptors (Lipinski definition) is 7. The SMILES string of the molecule is CCOc1ccc(CNC(=O)CN(c2ccc(OC)c(OC)c2)S(=O)(=O)c2ccccc2)cc1OCC. The fourth-order valence-electron chi connectivity index (χ4n) is 3.61. The molecule has 37 heavy (non-hydrogen) atoms. The predicted octanol–water partition coefficient (Wildman–Crippen LogP) is 4.01. The van der Waals surface area contributed by atoms with E-state index in [2.05, 4.69) is 5.32 Å². The van der Waals surface area contributed by atoms with Gasteiger partial charge in [-0.1, -0.05) is 24.3 Å². The number of hydrogen-bond donors (Lipinski definition) is 1. The molecule has 3 rings (SSSR count). The van der Waals surface area contributed by atoms with E-state index in [1.807, 2.05) is 19.9 Å². The van der Waals surface area contributed by atoms with Crippen molar-refractivity contribution in [1.82, 2.24) is 5.32 Å². The summed E-state index contributed by atoms with van der Waals surface area (Å²) < 4.78 is 50.0. The van der Waals surface area contributed by atoms with E-state index in [0.717, 1.165) is 9.87 Å². The average Bonchev–Trinajstić information content (AvgIpc) is 2.92. The summed E-state index contributed by atoms with van der Waals surface area (Å²) in [7, 11) is -1.12. The van der Waals surface area contributed by atoms with Crippen molar-refractivity contribution in [2.24, 2.45) is 0 Å². The van der Waals surface area contributed by atoms with Crippen LogP contribution in [0.2, 0.25) is 0 Å². The van der Waals surface area contributed by atoms with Crippen LogP contribution in [-0.2, 0) is 21.4 Å². The first kappa shape index (κ1) is 27.7. The summed E-state index contributed by atoms with van der Waals surface area (Å²) in [6, 6.07) is 18.0. The Morgan fingerprint density at radius 2 is 1.46 bits per heavy atom. The van der Waals surface area contributed by atoms with Crippen molar-refractivity contribution >= 4 is 21.6 Å². The molecular weight excluding hydrogens is 496 g/mol. The van der Waals surface area contributed by atoms with Gasteiger partial charge in [0.15, 0.2) is 23.0 Å². The van der Waals surface area contributed by atoms with Crippen molar-refractivity contribution in [2.75, 3.05) is 38.3 Å². The Labute approximate surface area is 218 Å². The predicted molar refractivity (Wildman–Crippen MR) is 141 cm³/mol. The number of nitrogens with one attached hydrogen (secondary N) is 1. The summed E-state index contributed by atoms with van der Waals surface area (Å²) in [5.74, 6) is 1.49. The van der Waals surface area contributed by atoms with E-state index >= 15 is 0 Å². The monoisotopic (exact) mass is 528 g/mol. The molecule has 1 amide bonds. The molecule has 0 radical (unpaired) electrons. The number of carbonyl (C=O) groups is 1. The van der Waals surface area contributed by atoms with Crippen LogP contribution in [0.5, 0.6) is 23.0 Å². The first-order chi connectivity index (χ1) is 17.8. The summed E-state index contributed by atoms with van der Waals surface area (Å²) in [6.45, 7) is 4.46. The lowest BCUT2D eigenvalue weighted by atomic mass is 10.2. The highest BCUT2D eigenvalue weighted by Gasteiger charge is 2.28. The third kappa shape index (κ3) is 6.85. The molecule has 0 unspecified atom stereocenters. The molecule has 0 aliphatic carbocycles. The van der Waals surface area contributed by atoms with Gasteiger partial charge in [0.25, 0.3) is 10.0 Å². The van der Waals surface area contributed by atoms with E-state index in [1.165, 1.54) is 32.4 Å². The fraction of sp³-hybridized carbons (Fsp3) is 0.296. The molecule has 0 aliphatic heterocycles. The lowest BCUT2D eigenvalue weighted by molar-refractivity contribution is -0.119. The topological polar surface area (TPSA) is 103 Å². The standard InChI is InChI=1S/C27H32N2O7S/c1-5-35-24-14-12-20(16-26(24)36-6-2)18-28-27(30)19-29(37(31,32)22-10-8-7-9-11-22)21-13-15-23(33-3)25(17-21)34-4/h7-17H,5-6,18-19H2,1-4H3,(H,28,30). The number of ether oxygens (including phenoxy) is 4. The second-order valence-electron chi connectivity index (χ2n) is 7.79. The van der Waals surface area contributed by atoms with Crippen LogP contribution < -0.4 is 28.6 Å². The minimum atomic E-state index is -4.06. The lowest BCUT2D eigenvalue weighted by Crippen LogP contribution is -2.40. The highest BCUT2D eigenvalue weighted by molar-refractivity contribution is 7.92. The largest absolute Gasteiger partial charge is 0.493 e. The quantitative estimate of drug-likeness (QED) is 0.358. The second-order valence-corrected chi connectivity index (χ2v) is 9.65. The molecule has 0 saturated carbocycles. The van der Waals surface area contributed by atoms with Crippen molar-refractivity contribution in [3.8, 4) is 23.0 Å². The van der Waals surface area contributed by atoms with Crippen molar-refractivity contribution in [2.45, 2.75) is 25.3 Å². The van der Waals surface area contributed by atoms with Gasteiger partial charge in [-0.25, -0.2) is 8.42 Å². The molecule has 0 fully saturated rings. The van der Waals surface area contributed by atoms with Gasteiger partial charge in [0.2, 0.25) is 5.91 Å². The minimum Gasteiger partial charge on any atom is -0.493 e. The van der Waals surface area contributed by atoms with Crippen LogP contribution in [0.25, 0.3) is 0 Å². The average molecular weight is 529 g/mol. The van der Waals surface area contributed by atoms with Gasteiger partial charge in [0.05, 0.1) is 38.0 Å². The number of anilines is 1. The Hall–Kier alpha value is -3.92. The molecule has 198 valence electrons. The number of carbonyl (C=O) groups excluding carboxylic acids is 1. The van der Waals surface area contributed by atoms with E-state index < -0.39 is 22.5 Å². The minimum absolute atomic E-state index is 0.0606. The van der Waals surface area contributed by atoms with Gasteiger partial charge in [0.1, 0.15) is 6.54 Å². The van der Waals surface area contributed by atoms with Gasteiger partial charge in [-0.3, -0.25) is 9.10 Å². The normalized spacial score (nSPS) is 10.9. The van der Waals surface area contributed by atoms with Crippen LogP contribution in [0, 0.1) is 0 Å². The van der Waals surface area contributed by atoms with E-state index in [1.54, 1.807) is 42.5 Å². The van der Waals surface area contributed by atoms with Crippen LogP contribution in [-0.4, -0.2) is 48.3 Å². The summed E-state index contributed by atoms with van der Waals surface area (Å²) in [4.78, 5) is 13.1. The van der Waals surface area contributed by atoms with Gasteiger partial charge in [-0.05, 0) is 55.8 Å². The molecule has 3 aromatic rings. The molecule has 10 heteroatoms. The van der Waals surface area contributed by atoms with E-state index in [9.17, 15) is 13.2 Å². The Bertz CT molecular complexity index is 1300. The molecule has 9 nitrogen and oxygen atoms in total. The molecule has 0 atom stereocenters. The maximum absolute atomic E-state index is 13.6. The zero-order valence-electron chi connectivity index (χ0n) is 21.4. The zero-order valence-corrected chi connectivity index (χ0v) is 22.2. The number of amides is 1. The number of nitrogens with zero attached hydrogens (tertiary/aromatic N) is 1. The molecule has 0 heterocycles.